The van der Waals surface area contributed by atoms with E-state index >= 15 is 0 Å². The van der Waals surface area contributed by atoms with Crippen LogP contribution in [0, 0.1) is 0 Å². The SMILES string of the molecule is CCOc1ccc(C(=O)c2ccc(C(C)(C)C)cc2)cc1. The molecule has 110 valence electrons. The molecule has 0 amide bonds. The normalized spacial score (nSPS) is 11.2. The Balaban J connectivity index is 2.19. The molecule has 0 unspecified atom stereocenters. The summed E-state index contributed by atoms with van der Waals surface area (Å²) in [4.78, 5) is 12.4. The molecule has 0 radical (unpaired) electrons. The maximum atomic E-state index is 12.4. The molecule has 0 aromatic heterocycles. The van der Waals surface area contributed by atoms with Crippen LogP contribution in [-0.2, 0) is 5.41 Å². The summed E-state index contributed by atoms with van der Waals surface area (Å²) < 4.78 is 5.39. The zero-order valence-electron chi connectivity index (χ0n) is 13.1. The molecule has 2 aromatic rings. The van der Waals surface area contributed by atoms with Crippen LogP contribution in [0.2, 0.25) is 0 Å². The lowest BCUT2D eigenvalue weighted by Gasteiger charge is -2.19. The molecule has 0 N–H and O–H groups in total. The van der Waals surface area contributed by atoms with Gasteiger partial charge in [-0.2, -0.15) is 0 Å². The first kappa shape index (κ1) is 15.3. The van der Waals surface area contributed by atoms with Gasteiger partial charge in [0.25, 0.3) is 0 Å². The van der Waals surface area contributed by atoms with E-state index < -0.39 is 0 Å². The monoisotopic (exact) mass is 282 g/mol. The Morgan fingerprint density at radius 2 is 1.38 bits per heavy atom. The Labute approximate surface area is 126 Å². The summed E-state index contributed by atoms with van der Waals surface area (Å²) in [6.07, 6.45) is 0. The van der Waals surface area contributed by atoms with Crippen LogP contribution in [0.4, 0.5) is 0 Å². The van der Waals surface area contributed by atoms with Crippen LogP contribution in [0.1, 0.15) is 49.2 Å². The van der Waals surface area contributed by atoms with Crippen molar-refractivity contribution in [3.05, 3.63) is 65.2 Å². The van der Waals surface area contributed by atoms with Crippen LogP contribution in [0.15, 0.2) is 48.5 Å². The van der Waals surface area contributed by atoms with E-state index in [0.29, 0.717) is 17.7 Å². The average Bonchev–Trinajstić information content (AvgIpc) is 2.47. The quantitative estimate of drug-likeness (QED) is 0.765. The van der Waals surface area contributed by atoms with E-state index in [0.717, 1.165) is 5.75 Å². The van der Waals surface area contributed by atoms with E-state index in [9.17, 15) is 4.79 Å². The zero-order valence-corrected chi connectivity index (χ0v) is 13.1. The van der Waals surface area contributed by atoms with Crippen molar-refractivity contribution in [2.75, 3.05) is 6.61 Å². The molecule has 0 aliphatic heterocycles. The Morgan fingerprint density at radius 1 is 0.905 bits per heavy atom. The van der Waals surface area contributed by atoms with Crippen LogP contribution in [0.3, 0.4) is 0 Å². The summed E-state index contributed by atoms with van der Waals surface area (Å²) in [6.45, 7) is 9.06. The van der Waals surface area contributed by atoms with Gasteiger partial charge in [0.15, 0.2) is 5.78 Å². The van der Waals surface area contributed by atoms with Gasteiger partial charge in [0.1, 0.15) is 5.75 Å². The third-order valence-electron chi connectivity index (χ3n) is 3.44. The number of hydrogen-bond acceptors (Lipinski definition) is 2. The van der Waals surface area contributed by atoms with Gasteiger partial charge >= 0.3 is 0 Å². The van der Waals surface area contributed by atoms with Gasteiger partial charge in [0, 0.05) is 11.1 Å². The van der Waals surface area contributed by atoms with Crippen LogP contribution in [0.5, 0.6) is 5.75 Å². The highest BCUT2D eigenvalue weighted by Crippen LogP contribution is 2.23. The first-order chi connectivity index (χ1) is 9.91. The fourth-order valence-corrected chi connectivity index (χ4v) is 2.16. The molecular weight excluding hydrogens is 260 g/mol. The number of carbonyl (C=O) groups excluding carboxylic acids is 1. The average molecular weight is 282 g/mol. The van der Waals surface area contributed by atoms with E-state index in [1.807, 2.05) is 55.5 Å². The molecule has 21 heavy (non-hydrogen) atoms. The summed E-state index contributed by atoms with van der Waals surface area (Å²) in [7, 11) is 0. The maximum Gasteiger partial charge on any atom is 0.193 e. The highest BCUT2D eigenvalue weighted by Gasteiger charge is 2.15. The lowest BCUT2D eigenvalue weighted by atomic mass is 9.86. The summed E-state index contributed by atoms with van der Waals surface area (Å²) in [6, 6.07) is 15.2. The molecule has 0 aliphatic rings. The van der Waals surface area contributed by atoms with Crippen molar-refractivity contribution in [2.45, 2.75) is 33.1 Å². The van der Waals surface area contributed by atoms with Gasteiger partial charge in [0.05, 0.1) is 6.61 Å². The second-order valence-corrected chi connectivity index (χ2v) is 6.11. The lowest BCUT2D eigenvalue weighted by Crippen LogP contribution is -2.11. The van der Waals surface area contributed by atoms with Gasteiger partial charge in [0.2, 0.25) is 0 Å². The zero-order chi connectivity index (χ0) is 15.5. The minimum atomic E-state index is 0.0403. The third kappa shape index (κ3) is 3.72. The molecule has 2 aromatic carbocycles. The highest BCUT2D eigenvalue weighted by molar-refractivity contribution is 6.09. The van der Waals surface area contributed by atoms with E-state index in [-0.39, 0.29) is 11.2 Å². The minimum absolute atomic E-state index is 0.0403. The number of rotatable bonds is 4. The third-order valence-corrected chi connectivity index (χ3v) is 3.44. The number of hydrogen-bond donors (Lipinski definition) is 0. The van der Waals surface area contributed by atoms with E-state index in [2.05, 4.69) is 20.8 Å². The molecule has 0 heterocycles. The standard InChI is InChI=1S/C19H22O2/c1-5-21-17-12-8-15(9-13-17)18(20)14-6-10-16(11-7-14)19(2,3)4/h6-13H,5H2,1-4H3. The van der Waals surface area contributed by atoms with Crippen molar-refractivity contribution in [2.24, 2.45) is 0 Å². The van der Waals surface area contributed by atoms with Crippen LogP contribution in [0.25, 0.3) is 0 Å². The van der Waals surface area contributed by atoms with E-state index in [1.54, 1.807) is 0 Å². The minimum Gasteiger partial charge on any atom is -0.494 e. The van der Waals surface area contributed by atoms with Crippen molar-refractivity contribution in [1.29, 1.82) is 0 Å². The topological polar surface area (TPSA) is 26.3 Å². The van der Waals surface area contributed by atoms with Crippen molar-refractivity contribution in [3.8, 4) is 5.75 Å². The van der Waals surface area contributed by atoms with Gasteiger partial charge in [-0.1, -0.05) is 45.0 Å². The van der Waals surface area contributed by atoms with E-state index in [1.165, 1.54) is 5.56 Å². The molecule has 0 bridgehead atoms. The van der Waals surface area contributed by atoms with Crippen LogP contribution >= 0.6 is 0 Å². The molecule has 0 spiro atoms. The molecule has 2 nitrogen and oxygen atoms in total. The molecule has 2 rings (SSSR count). The summed E-state index contributed by atoms with van der Waals surface area (Å²) in [5, 5.41) is 0. The molecule has 0 saturated heterocycles. The van der Waals surface area contributed by atoms with E-state index in [4.69, 9.17) is 4.74 Å². The van der Waals surface area contributed by atoms with Gasteiger partial charge in [-0.15, -0.1) is 0 Å². The Kier molecular flexibility index (Phi) is 4.46. The number of ketones is 1. The highest BCUT2D eigenvalue weighted by atomic mass is 16.5. The fraction of sp³-hybridized carbons (Fsp3) is 0.316. The molecule has 0 atom stereocenters. The Morgan fingerprint density at radius 3 is 1.81 bits per heavy atom. The van der Waals surface area contributed by atoms with Crippen LogP contribution < -0.4 is 4.74 Å². The first-order valence-electron chi connectivity index (χ1n) is 7.30. The van der Waals surface area contributed by atoms with Gasteiger partial charge < -0.3 is 4.74 Å². The first-order valence-corrected chi connectivity index (χ1v) is 7.30. The second kappa shape index (κ2) is 6.13. The number of benzene rings is 2. The van der Waals surface area contributed by atoms with Crippen molar-refractivity contribution in [1.82, 2.24) is 0 Å². The summed E-state index contributed by atoms with van der Waals surface area (Å²) in [5.74, 6) is 0.829. The Bertz CT molecular complexity index is 602. The maximum absolute atomic E-state index is 12.4. The van der Waals surface area contributed by atoms with Crippen molar-refractivity contribution < 1.29 is 9.53 Å². The smallest absolute Gasteiger partial charge is 0.193 e. The summed E-state index contributed by atoms with van der Waals surface area (Å²) >= 11 is 0. The molecule has 2 heteroatoms. The van der Waals surface area contributed by atoms with Crippen molar-refractivity contribution >= 4 is 5.78 Å². The van der Waals surface area contributed by atoms with Gasteiger partial charge in [-0.3, -0.25) is 4.79 Å². The predicted molar refractivity (Wildman–Crippen MR) is 86.2 cm³/mol. The Hall–Kier alpha value is -2.09. The van der Waals surface area contributed by atoms with Crippen molar-refractivity contribution in [3.63, 3.8) is 0 Å². The number of ether oxygens (including phenoxy) is 1. The summed E-state index contributed by atoms with van der Waals surface area (Å²) in [5.41, 5.74) is 2.72. The second-order valence-electron chi connectivity index (χ2n) is 6.11. The van der Waals surface area contributed by atoms with Crippen LogP contribution in [-0.4, -0.2) is 12.4 Å². The van der Waals surface area contributed by atoms with Gasteiger partial charge in [-0.25, -0.2) is 0 Å². The molecule has 0 fully saturated rings. The largest absolute Gasteiger partial charge is 0.494 e. The number of carbonyl (C=O) groups is 1. The van der Waals surface area contributed by atoms with Gasteiger partial charge in [-0.05, 0) is 42.2 Å². The molecule has 0 saturated carbocycles. The molecular formula is C19H22O2. The lowest BCUT2D eigenvalue weighted by molar-refractivity contribution is 0.103. The molecule has 0 aliphatic carbocycles. The predicted octanol–water partition coefficient (Wildman–Crippen LogP) is 4.61. The fourth-order valence-electron chi connectivity index (χ4n) is 2.16.